The topological polar surface area (TPSA) is 84.9 Å². The number of hydrogen-bond acceptors (Lipinski definition) is 5. The lowest BCUT2D eigenvalue weighted by atomic mass is 10.3. The summed E-state index contributed by atoms with van der Waals surface area (Å²) < 4.78 is 35.5. The Morgan fingerprint density at radius 1 is 1.40 bits per heavy atom. The van der Waals surface area contributed by atoms with Crippen molar-refractivity contribution in [2.45, 2.75) is 12.5 Å². The SMILES string of the molecule is O=S(=O)(CCCO)NCC1COCCO1. The monoisotopic (exact) mass is 239 g/mol. The van der Waals surface area contributed by atoms with Gasteiger partial charge in [-0.1, -0.05) is 0 Å². The zero-order valence-corrected chi connectivity index (χ0v) is 9.33. The maximum absolute atomic E-state index is 11.3. The van der Waals surface area contributed by atoms with Crippen molar-refractivity contribution in [1.82, 2.24) is 4.72 Å². The van der Waals surface area contributed by atoms with Crippen LogP contribution in [0.5, 0.6) is 0 Å². The summed E-state index contributed by atoms with van der Waals surface area (Å²) in [5.41, 5.74) is 0. The molecule has 1 heterocycles. The summed E-state index contributed by atoms with van der Waals surface area (Å²) in [7, 11) is -3.29. The molecule has 0 aliphatic carbocycles. The van der Waals surface area contributed by atoms with Gasteiger partial charge in [-0.2, -0.15) is 0 Å². The van der Waals surface area contributed by atoms with E-state index in [1.165, 1.54) is 0 Å². The first kappa shape index (κ1) is 12.9. The zero-order chi connectivity index (χ0) is 11.1. The van der Waals surface area contributed by atoms with E-state index in [0.29, 0.717) is 19.8 Å². The van der Waals surface area contributed by atoms with E-state index in [-0.39, 0.29) is 31.4 Å². The van der Waals surface area contributed by atoms with Crippen molar-refractivity contribution >= 4 is 10.0 Å². The second-order valence-electron chi connectivity index (χ2n) is 3.31. The molecule has 0 aromatic heterocycles. The van der Waals surface area contributed by atoms with E-state index >= 15 is 0 Å². The molecule has 1 unspecified atom stereocenters. The lowest BCUT2D eigenvalue weighted by molar-refractivity contribution is -0.0846. The third-order valence-corrected chi connectivity index (χ3v) is 3.42. The average Bonchev–Trinajstić information content (AvgIpc) is 2.25. The van der Waals surface area contributed by atoms with Crippen molar-refractivity contribution in [3.8, 4) is 0 Å². The largest absolute Gasteiger partial charge is 0.396 e. The minimum atomic E-state index is -3.29. The summed E-state index contributed by atoms with van der Waals surface area (Å²) in [6.45, 7) is 1.59. The lowest BCUT2D eigenvalue weighted by Gasteiger charge is -2.22. The number of sulfonamides is 1. The summed E-state index contributed by atoms with van der Waals surface area (Å²) >= 11 is 0. The van der Waals surface area contributed by atoms with Gasteiger partial charge in [0.05, 0.1) is 31.7 Å². The molecule has 6 nitrogen and oxygen atoms in total. The van der Waals surface area contributed by atoms with Gasteiger partial charge in [-0.15, -0.1) is 0 Å². The summed E-state index contributed by atoms with van der Waals surface area (Å²) in [6, 6.07) is 0. The third kappa shape index (κ3) is 5.43. The molecular weight excluding hydrogens is 222 g/mol. The highest BCUT2D eigenvalue weighted by Crippen LogP contribution is 2.00. The van der Waals surface area contributed by atoms with Crippen LogP contribution in [-0.4, -0.2) is 58.4 Å². The normalized spacial score (nSPS) is 22.9. The molecule has 15 heavy (non-hydrogen) atoms. The molecule has 0 radical (unpaired) electrons. The van der Waals surface area contributed by atoms with Crippen LogP contribution in [-0.2, 0) is 19.5 Å². The highest BCUT2D eigenvalue weighted by Gasteiger charge is 2.17. The van der Waals surface area contributed by atoms with Gasteiger partial charge in [0.1, 0.15) is 0 Å². The number of ether oxygens (including phenoxy) is 2. The Bertz CT molecular complexity index is 260. The van der Waals surface area contributed by atoms with E-state index in [1.807, 2.05) is 0 Å². The van der Waals surface area contributed by atoms with Gasteiger partial charge in [-0.05, 0) is 6.42 Å². The van der Waals surface area contributed by atoms with Gasteiger partial charge < -0.3 is 14.6 Å². The van der Waals surface area contributed by atoms with Crippen LogP contribution < -0.4 is 4.72 Å². The van der Waals surface area contributed by atoms with Crippen LogP contribution in [0.15, 0.2) is 0 Å². The fourth-order valence-corrected chi connectivity index (χ4v) is 2.29. The molecule has 1 atom stereocenters. The van der Waals surface area contributed by atoms with E-state index in [0.717, 1.165) is 0 Å². The van der Waals surface area contributed by atoms with E-state index in [9.17, 15) is 8.42 Å². The number of nitrogens with one attached hydrogen (secondary N) is 1. The summed E-state index contributed by atoms with van der Waals surface area (Å²) in [5, 5.41) is 8.51. The van der Waals surface area contributed by atoms with Gasteiger partial charge in [0.2, 0.25) is 10.0 Å². The highest BCUT2D eigenvalue weighted by atomic mass is 32.2. The van der Waals surface area contributed by atoms with E-state index in [2.05, 4.69) is 4.72 Å². The highest BCUT2D eigenvalue weighted by molar-refractivity contribution is 7.89. The van der Waals surface area contributed by atoms with Crippen LogP contribution in [0.2, 0.25) is 0 Å². The zero-order valence-electron chi connectivity index (χ0n) is 8.52. The lowest BCUT2D eigenvalue weighted by Crippen LogP contribution is -2.40. The Kier molecular flexibility index (Phi) is 5.48. The predicted octanol–water partition coefficient (Wildman–Crippen LogP) is -1.30. The minimum absolute atomic E-state index is 0.0585. The first-order valence-corrected chi connectivity index (χ1v) is 6.57. The fourth-order valence-electron chi connectivity index (χ4n) is 1.20. The van der Waals surface area contributed by atoms with Crippen LogP contribution in [0.4, 0.5) is 0 Å². The summed E-state index contributed by atoms with van der Waals surface area (Å²) in [5.74, 6) is -0.0585. The van der Waals surface area contributed by atoms with Gasteiger partial charge in [0.25, 0.3) is 0 Å². The fraction of sp³-hybridized carbons (Fsp3) is 1.00. The van der Waals surface area contributed by atoms with Crippen LogP contribution in [0.1, 0.15) is 6.42 Å². The second kappa shape index (κ2) is 6.39. The number of aliphatic hydroxyl groups is 1. The number of rotatable bonds is 6. The molecule has 1 fully saturated rings. The summed E-state index contributed by atoms with van der Waals surface area (Å²) in [4.78, 5) is 0. The molecule has 0 amide bonds. The van der Waals surface area contributed by atoms with Crippen molar-refractivity contribution in [2.75, 3.05) is 38.7 Å². The molecule has 1 rings (SSSR count). The second-order valence-corrected chi connectivity index (χ2v) is 5.24. The Balaban J connectivity index is 2.22. The van der Waals surface area contributed by atoms with Gasteiger partial charge in [-0.25, -0.2) is 13.1 Å². The minimum Gasteiger partial charge on any atom is -0.396 e. The quantitative estimate of drug-likeness (QED) is 0.602. The van der Waals surface area contributed by atoms with Gasteiger partial charge in [0, 0.05) is 13.2 Å². The molecule has 90 valence electrons. The maximum Gasteiger partial charge on any atom is 0.211 e. The molecule has 0 aromatic carbocycles. The number of hydrogen-bond donors (Lipinski definition) is 2. The van der Waals surface area contributed by atoms with Gasteiger partial charge in [0.15, 0.2) is 0 Å². The van der Waals surface area contributed by atoms with Crippen molar-refractivity contribution in [1.29, 1.82) is 0 Å². The van der Waals surface area contributed by atoms with Gasteiger partial charge in [-0.3, -0.25) is 0 Å². The maximum atomic E-state index is 11.3. The van der Waals surface area contributed by atoms with Gasteiger partial charge >= 0.3 is 0 Å². The van der Waals surface area contributed by atoms with E-state index in [4.69, 9.17) is 14.6 Å². The van der Waals surface area contributed by atoms with Crippen LogP contribution in [0.25, 0.3) is 0 Å². The Morgan fingerprint density at radius 2 is 2.20 bits per heavy atom. The molecule has 1 aliphatic rings. The third-order valence-electron chi connectivity index (χ3n) is 1.99. The molecule has 0 saturated carbocycles. The van der Waals surface area contributed by atoms with E-state index < -0.39 is 10.0 Å². The van der Waals surface area contributed by atoms with Crippen molar-refractivity contribution < 1.29 is 23.0 Å². The number of aliphatic hydroxyl groups excluding tert-OH is 1. The molecule has 0 aromatic rings. The van der Waals surface area contributed by atoms with Crippen LogP contribution in [0.3, 0.4) is 0 Å². The van der Waals surface area contributed by atoms with Crippen molar-refractivity contribution in [2.24, 2.45) is 0 Å². The first-order valence-electron chi connectivity index (χ1n) is 4.91. The van der Waals surface area contributed by atoms with E-state index in [1.54, 1.807) is 0 Å². The van der Waals surface area contributed by atoms with Crippen molar-refractivity contribution in [3.05, 3.63) is 0 Å². The van der Waals surface area contributed by atoms with Crippen LogP contribution in [0, 0.1) is 0 Å². The summed E-state index contributed by atoms with van der Waals surface area (Å²) in [6.07, 6.45) is 0.0415. The molecule has 2 N–H and O–H groups in total. The molecular formula is C8H17NO5S. The molecule has 0 bridgehead atoms. The molecule has 1 saturated heterocycles. The molecule has 7 heteroatoms. The molecule has 1 aliphatic heterocycles. The smallest absolute Gasteiger partial charge is 0.211 e. The van der Waals surface area contributed by atoms with Crippen molar-refractivity contribution in [3.63, 3.8) is 0 Å². The Morgan fingerprint density at radius 3 is 2.80 bits per heavy atom. The Labute approximate surface area is 89.6 Å². The average molecular weight is 239 g/mol. The first-order chi connectivity index (χ1) is 7.14. The van der Waals surface area contributed by atoms with Crippen LogP contribution >= 0.6 is 0 Å². The molecule has 0 spiro atoms. The standard InChI is InChI=1S/C8H17NO5S/c10-2-1-5-15(11,12)9-6-8-7-13-3-4-14-8/h8-10H,1-7H2. The Hall–Kier alpha value is -0.210. The predicted molar refractivity (Wildman–Crippen MR) is 54.1 cm³/mol.